The first kappa shape index (κ1) is 23.2. The van der Waals surface area contributed by atoms with Gasteiger partial charge in [0.25, 0.3) is 0 Å². The van der Waals surface area contributed by atoms with Gasteiger partial charge in [-0.15, -0.1) is 6.42 Å². The lowest BCUT2D eigenvalue weighted by Gasteiger charge is -2.24. The van der Waals surface area contributed by atoms with Crippen molar-refractivity contribution in [2.24, 2.45) is 0 Å². The number of amides is 1. The number of halogens is 1. The Morgan fingerprint density at radius 2 is 2.06 bits per heavy atom. The lowest BCUT2D eigenvalue weighted by Crippen LogP contribution is -2.29. The monoisotopic (exact) mass is 459 g/mol. The molecule has 0 aliphatic carbocycles. The van der Waals surface area contributed by atoms with Gasteiger partial charge in [-0.2, -0.15) is 0 Å². The van der Waals surface area contributed by atoms with E-state index in [1.165, 1.54) is 44.8 Å². The maximum Gasteiger partial charge on any atom is 0.248 e. The number of aromatic nitrogens is 2. The van der Waals surface area contributed by atoms with Crippen LogP contribution in [0, 0.1) is 18.2 Å². The first-order chi connectivity index (χ1) is 16.6. The molecular formula is C26H26FN5O2. The maximum atomic E-state index is 13.8. The smallest absolute Gasteiger partial charge is 0.248 e. The van der Waals surface area contributed by atoms with Crippen molar-refractivity contribution in [2.75, 3.05) is 37.4 Å². The number of carbonyl (C=O) groups excluding carboxylic acids is 1. The fraction of sp³-hybridized carbons (Fsp3) is 0.269. The van der Waals surface area contributed by atoms with E-state index in [-0.39, 0.29) is 11.5 Å². The van der Waals surface area contributed by atoms with Crippen LogP contribution >= 0.6 is 0 Å². The molecule has 0 saturated carbocycles. The summed E-state index contributed by atoms with van der Waals surface area (Å²) < 4.78 is 19.2. The molecule has 3 aromatic rings. The molecule has 0 bridgehead atoms. The number of piperidine rings is 1. The molecule has 0 radical (unpaired) electrons. The van der Waals surface area contributed by atoms with Crippen LogP contribution in [-0.2, 0) is 4.79 Å². The Labute approximate surface area is 198 Å². The van der Waals surface area contributed by atoms with Gasteiger partial charge in [0.05, 0.1) is 23.9 Å². The fourth-order valence-electron chi connectivity index (χ4n) is 3.93. The lowest BCUT2D eigenvalue weighted by atomic mass is 10.1. The number of ether oxygens (including phenoxy) is 1. The molecule has 2 N–H and O–H groups in total. The van der Waals surface area contributed by atoms with E-state index in [2.05, 4.69) is 31.4 Å². The Hall–Kier alpha value is -3.96. The van der Waals surface area contributed by atoms with Crippen LogP contribution in [0.1, 0.15) is 24.8 Å². The minimum absolute atomic E-state index is 0.148. The maximum absolute atomic E-state index is 13.8. The second-order valence-electron chi connectivity index (χ2n) is 8.01. The second kappa shape index (κ2) is 10.8. The molecule has 1 amide bonds. The molecule has 7 nitrogen and oxygen atoms in total. The lowest BCUT2D eigenvalue weighted by molar-refractivity contribution is -0.111. The van der Waals surface area contributed by atoms with Crippen LogP contribution in [0.2, 0.25) is 0 Å². The number of hydrogen-bond donors (Lipinski definition) is 2. The highest BCUT2D eigenvalue weighted by molar-refractivity contribution is 6.03. The predicted molar refractivity (Wildman–Crippen MR) is 132 cm³/mol. The fourth-order valence-corrected chi connectivity index (χ4v) is 3.93. The molecule has 1 aromatic heterocycles. The Balaban J connectivity index is 1.56. The summed E-state index contributed by atoms with van der Waals surface area (Å²) in [5.74, 6) is 2.56. The number of fused-ring (bicyclic) bond motifs is 1. The van der Waals surface area contributed by atoms with E-state index in [0.29, 0.717) is 33.8 Å². The highest BCUT2D eigenvalue weighted by Crippen LogP contribution is 2.33. The van der Waals surface area contributed by atoms with Crippen LogP contribution < -0.4 is 15.4 Å². The van der Waals surface area contributed by atoms with Gasteiger partial charge in [0.2, 0.25) is 5.91 Å². The summed E-state index contributed by atoms with van der Waals surface area (Å²) in [4.78, 5) is 23.5. The molecule has 0 atom stereocenters. The topological polar surface area (TPSA) is 79.4 Å². The Morgan fingerprint density at radius 1 is 1.24 bits per heavy atom. The Kier molecular flexibility index (Phi) is 7.35. The van der Waals surface area contributed by atoms with Gasteiger partial charge in [0.15, 0.2) is 0 Å². The Bertz CT molecular complexity index is 1260. The number of methoxy groups -OCH3 is 1. The zero-order chi connectivity index (χ0) is 23.9. The van der Waals surface area contributed by atoms with Crippen LogP contribution in [0.5, 0.6) is 5.75 Å². The van der Waals surface area contributed by atoms with Crippen molar-refractivity contribution >= 4 is 34.0 Å². The van der Waals surface area contributed by atoms with Gasteiger partial charge in [-0.25, -0.2) is 14.4 Å². The molecule has 174 valence electrons. The third kappa shape index (κ3) is 5.50. The van der Waals surface area contributed by atoms with Gasteiger partial charge in [-0.05, 0) is 50.2 Å². The van der Waals surface area contributed by atoms with E-state index < -0.39 is 5.82 Å². The van der Waals surface area contributed by atoms with Crippen molar-refractivity contribution in [1.82, 2.24) is 14.9 Å². The van der Waals surface area contributed by atoms with E-state index in [1.807, 2.05) is 6.08 Å². The van der Waals surface area contributed by atoms with E-state index in [0.717, 1.165) is 19.6 Å². The summed E-state index contributed by atoms with van der Waals surface area (Å²) in [7, 11) is 1.53. The summed E-state index contributed by atoms with van der Waals surface area (Å²) in [6, 6.07) is 7.88. The molecule has 1 aliphatic rings. The minimum atomic E-state index is -0.469. The van der Waals surface area contributed by atoms with Gasteiger partial charge >= 0.3 is 0 Å². The quantitative estimate of drug-likeness (QED) is 0.401. The number of carbonyl (C=O) groups is 1. The third-order valence-electron chi connectivity index (χ3n) is 5.68. The number of rotatable bonds is 7. The number of nitrogens with one attached hydrogen (secondary N) is 2. The van der Waals surface area contributed by atoms with Crippen molar-refractivity contribution in [3.63, 3.8) is 0 Å². The summed E-state index contributed by atoms with van der Waals surface area (Å²) in [6.45, 7) is 2.88. The molecule has 34 heavy (non-hydrogen) atoms. The number of nitrogens with zero attached hydrogens (tertiary/aromatic N) is 3. The summed E-state index contributed by atoms with van der Waals surface area (Å²) in [5.41, 5.74) is 1.84. The van der Waals surface area contributed by atoms with Gasteiger partial charge in [0.1, 0.15) is 23.7 Å². The summed E-state index contributed by atoms with van der Waals surface area (Å²) >= 11 is 0. The van der Waals surface area contributed by atoms with E-state index in [9.17, 15) is 9.18 Å². The van der Waals surface area contributed by atoms with Crippen LogP contribution in [-0.4, -0.2) is 47.5 Å². The molecular weight excluding hydrogens is 433 g/mol. The average Bonchev–Trinajstić information content (AvgIpc) is 2.85. The summed E-state index contributed by atoms with van der Waals surface area (Å²) in [6.07, 6.45) is 13.9. The molecule has 1 saturated heterocycles. The summed E-state index contributed by atoms with van der Waals surface area (Å²) in [5, 5.41) is 6.69. The molecule has 0 unspecified atom stereocenters. The second-order valence-corrected chi connectivity index (χ2v) is 8.01. The number of hydrogen-bond acceptors (Lipinski definition) is 6. The molecule has 1 aliphatic heterocycles. The van der Waals surface area contributed by atoms with Crippen LogP contribution in [0.25, 0.3) is 10.9 Å². The average molecular weight is 460 g/mol. The van der Waals surface area contributed by atoms with Crippen molar-refractivity contribution in [3.05, 3.63) is 60.2 Å². The normalized spacial score (nSPS) is 14.1. The molecule has 8 heteroatoms. The van der Waals surface area contributed by atoms with Gasteiger partial charge in [-0.1, -0.05) is 18.4 Å². The molecule has 4 rings (SSSR count). The van der Waals surface area contributed by atoms with Gasteiger partial charge in [0, 0.05) is 29.8 Å². The van der Waals surface area contributed by atoms with Crippen molar-refractivity contribution in [1.29, 1.82) is 0 Å². The molecule has 2 heterocycles. The first-order valence-corrected chi connectivity index (χ1v) is 11.1. The predicted octanol–water partition coefficient (Wildman–Crippen LogP) is 4.48. The van der Waals surface area contributed by atoms with Crippen LogP contribution in [0.15, 0.2) is 48.8 Å². The van der Waals surface area contributed by atoms with E-state index in [4.69, 9.17) is 11.2 Å². The first-order valence-electron chi connectivity index (χ1n) is 11.1. The number of likely N-dealkylation sites (tertiary alicyclic amines) is 1. The van der Waals surface area contributed by atoms with Crippen molar-refractivity contribution in [3.8, 4) is 18.1 Å². The number of terminal acetylenes is 1. The van der Waals surface area contributed by atoms with Gasteiger partial charge in [-0.3, -0.25) is 9.69 Å². The standard InChI is InChI=1S/C26H26FN5O2/c1-3-18-14-19(9-10-21(18)27)30-26-20-15-23(24(34-2)16-22(20)28-17-29-26)31-25(33)8-7-13-32-11-5-4-6-12-32/h1,7-10,14-17H,4-6,11-13H2,2H3,(H,31,33)(H,28,29,30). The van der Waals surface area contributed by atoms with Gasteiger partial charge < -0.3 is 15.4 Å². The Morgan fingerprint density at radius 3 is 2.82 bits per heavy atom. The molecule has 0 spiro atoms. The largest absolute Gasteiger partial charge is 0.494 e. The number of anilines is 3. The number of benzene rings is 2. The molecule has 1 fully saturated rings. The van der Waals surface area contributed by atoms with Crippen molar-refractivity contribution in [2.45, 2.75) is 19.3 Å². The van der Waals surface area contributed by atoms with E-state index in [1.54, 1.807) is 24.3 Å². The zero-order valence-corrected chi connectivity index (χ0v) is 19.0. The highest BCUT2D eigenvalue weighted by Gasteiger charge is 2.13. The minimum Gasteiger partial charge on any atom is -0.494 e. The van der Waals surface area contributed by atoms with Crippen LogP contribution in [0.3, 0.4) is 0 Å². The zero-order valence-electron chi connectivity index (χ0n) is 19.0. The van der Waals surface area contributed by atoms with Crippen LogP contribution in [0.4, 0.5) is 21.6 Å². The third-order valence-corrected chi connectivity index (χ3v) is 5.68. The SMILES string of the molecule is C#Cc1cc(Nc2ncnc3cc(OC)c(NC(=O)C=CCN4CCCCC4)cc23)ccc1F. The van der Waals surface area contributed by atoms with Crippen molar-refractivity contribution < 1.29 is 13.9 Å². The van der Waals surface area contributed by atoms with E-state index >= 15 is 0 Å². The highest BCUT2D eigenvalue weighted by atomic mass is 19.1. The molecule has 2 aromatic carbocycles.